The summed E-state index contributed by atoms with van der Waals surface area (Å²) in [6.45, 7) is 2.30. The van der Waals surface area contributed by atoms with Gasteiger partial charge in [0, 0.05) is 24.5 Å². The van der Waals surface area contributed by atoms with Crippen molar-refractivity contribution in [2.24, 2.45) is 5.92 Å². The summed E-state index contributed by atoms with van der Waals surface area (Å²) < 4.78 is 10.5. The van der Waals surface area contributed by atoms with E-state index in [1.165, 1.54) is 12.8 Å². The van der Waals surface area contributed by atoms with Gasteiger partial charge in [-0.15, -0.1) is 0 Å². The number of hydrogen-bond acceptors (Lipinski definition) is 8. The largest absolute Gasteiger partial charge is 0.495 e. The number of hydrogen-bond donors (Lipinski definition) is 2. The van der Waals surface area contributed by atoms with E-state index in [1.807, 2.05) is 36.2 Å². The number of rotatable bonds is 8. The fraction of sp³-hybridized carbons (Fsp3) is 0.400. The number of methoxy groups -OCH3 is 2. The third-order valence-electron chi connectivity index (χ3n) is 6.20. The Morgan fingerprint density at radius 2 is 1.49 bits per heavy atom. The first-order chi connectivity index (χ1) is 16.9. The predicted octanol–water partition coefficient (Wildman–Crippen LogP) is 6.70. The van der Waals surface area contributed by atoms with E-state index in [-0.39, 0.29) is 0 Å². The van der Waals surface area contributed by atoms with Crippen LogP contribution in [-0.2, 0) is 0 Å². The smallest absolute Gasteiger partial charge is 0.236 e. The lowest BCUT2D eigenvalue weighted by molar-refractivity contribution is 0.360. The lowest BCUT2D eigenvalue weighted by Crippen LogP contribution is -2.27. The van der Waals surface area contributed by atoms with Crippen LogP contribution in [0.2, 0.25) is 10.0 Å². The number of nitrogens with one attached hydrogen (secondary N) is 2. The zero-order chi connectivity index (χ0) is 24.9. The number of anilines is 5. The number of benzene rings is 2. The Hall–Kier alpha value is -2.97. The molecule has 0 amide bonds. The van der Waals surface area contributed by atoms with Crippen molar-refractivity contribution in [1.82, 2.24) is 15.0 Å². The van der Waals surface area contributed by atoms with Crippen molar-refractivity contribution in [3.63, 3.8) is 0 Å². The molecular weight excluding hydrogens is 487 g/mol. The second-order valence-corrected chi connectivity index (χ2v) is 9.55. The van der Waals surface area contributed by atoms with Crippen molar-refractivity contribution in [3.05, 3.63) is 46.4 Å². The van der Waals surface area contributed by atoms with Gasteiger partial charge in [0.25, 0.3) is 0 Å². The predicted molar refractivity (Wildman–Crippen MR) is 142 cm³/mol. The van der Waals surface area contributed by atoms with Gasteiger partial charge in [-0.2, -0.15) is 15.0 Å². The average Bonchev–Trinajstić information content (AvgIpc) is 2.85. The van der Waals surface area contributed by atoms with Crippen LogP contribution in [-0.4, -0.2) is 42.3 Å². The number of nitrogens with zero attached hydrogens (tertiary/aromatic N) is 4. The first-order valence-electron chi connectivity index (χ1n) is 11.6. The maximum Gasteiger partial charge on any atom is 0.236 e. The van der Waals surface area contributed by atoms with Gasteiger partial charge in [-0.25, -0.2) is 0 Å². The Morgan fingerprint density at radius 3 is 2.11 bits per heavy atom. The lowest BCUT2D eigenvalue weighted by Gasteiger charge is -2.27. The highest BCUT2D eigenvalue weighted by Gasteiger charge is 2.21. The SMILES string of the molecule is COc1ccc(Nc2nc(NC3CCC(C)CC3)nc(N(C)c3ccc(OC)c(Cl)c3)n2)cc1Cl. The minimum Gasteiger partial charge on any atom is -0.495 e. The van der Waals surface area contributed by atoms with Gasteiger partial charge in [0.05, 0.1) is 24.3 Å². The maximum atomic E-state index is 6.36. The van der Waals surface area contributed by atoms with E-state index >= 15 is 0 Å². The normalized spacial score (nSPS) is 17.5. The third kappa shape index (κ3) is 6.18. The quantitative estimate of drug-likeness (QED) is 0.342. The highest BCUT2D eigenvalue weighted by molar-refractivity contribution is 6.32. The molecule has 1 saturated carbocycles. The minimum absolute atomic E-state index is 0.325. The van der Waals surface area contributed by atoms with Crippen LogP contribution in [0.5, 0.6) is 11.5 Å². The molecule has 35 heavy (non-hydrogen) atoms. The molecule has 0 saturated heterocycles. The van der Waals surface area contributed by atoms with Gasteiger partial charge in [-0.1, -0.05) is 30.1 Å². The summed E-state index contributed by atoms with van der Waals surface area (Å²) in [7, 11) is 5.05. The molecule has 2 N–H and O–H groups in total. The van der Waals surface area contributed by atoms with Crippen LogP contribution >= 0.6 is 23.2 Å². The molecule has 2 aromatic carbocycles. The Bertz CT molecular complexity index is 1170. The second kappa shape index (κ2) is 11.2. The standard InChI is InChI=1S/C25H30Cl2N6O2/c1-15-5-7-16(8-6-15)28-23-30-24(29-17-9-11-21(34-3)19(26)13-17)32-25(31-23)33(2)18-10-12-22(35-4)20(27)14-18/h9-16H,5-8H2,1-4H3,(H2,28,29,30,31,32). The number of halogens is 2. The van der Waals surface area contributed by atoms with Gasteiger partial charge in [-0.05, 0) is 68.0 Å². The Balaban J connectivity index is 1.65. The Morgan fingerprint density at radius 1 is 0.857 bits per heavy atom. The van der Waals surface area contributed by atoms with E-state index in [1.54, 1.807) is 26.4 Å². The van der Waals surface area contributed by atoms with E-state index < -0.39 is 0 Å². The Kier molecular flexibility index (Phi) is 8.03. The molecule has 1 fully saturated rings. The monoisotopic (exact) mass is 516 g/mol. The van der Waals surface area contributed by atoms with E-state index in [4.69, 9.17) is 37.7 Å². The molecule has 8 nitrogen and oxygen atoms in total. The zero-order valence-corrected chi connectivity index (χ0v) is 21.8. The van der Waals surface area contributed by atoms with Crippen LogP contribution < -0.4 is 25.0 Å². The van der Waals surface area contributed by atoms with Gasteiger partial charge in [-0.3, -0.25) is 0 Å². The molecule has 4 rings (SSSR count). The summed E-state index contributed by atoms with van der Waals surface area (Å²) in [5.74, 6) is 3.34. The molecule has 1 aromatic heterocycles. The molecule has 0 bridgehead atoms. The molecule has 0 spiro atoms. The third-order valence-corrected chi connectivity index (χ3v) is 6.79. The van der Waals surface area contributed by atoms with Gasteiger partial charge in [0.1, 0.15) is 11.5 Å². The van der Waals surface area contributed by atoms with E-state index in [9.17, 15) is 0 Å². The van der Waals surface area contributed by atoms with Crippen LogP contribution in [0.1, 0.15) is 32.6 Å². The molecule has 0 unspecified atom stereocenters. The molecule has 10 heteroatoms. The molecule has 0 atom stereocenters. The summed E-state index contributed by atoms with van der Waals surface area (Å²) in [4.78, 5) is 15.9. The molecule has 1 heterocycles. The maximum absolute atomic E-state index is 6.36. The molecule has 0 radical (unpaired) electrons. The Labute approximate surface area is 216 Å². The van der Waals surface area contributed by atoms with Gasteiger partial charge < -0.3 is 25.0 Å². The van der Waals surface area contributed by atoms with E-state index in [0.29, 0.717) is 45.4 Å². The lowest BCUT2D eigenvalue weighted by atomic mass is 9.87. The molecule has 1 aliphatic rings. The molecule has 3 aromatic rings. The average molecular weight is 517 g/mol. The van der Waals surface area contributed by atoms with Crippen molar-refractivity contribution >= 4 is 52.4 Å². The fourth-order valence-corrected chi connectivity index (χ4v) is 4.58. The van der Waals surface area contributed by atoms with Crippen LogP contribution in [0.3, 0.4) is 0 Å². The van der Waals surface area contributed by atoms with Crippen LogP contribution in [0.25, 0.3) is 0 Å². The van der Waals surface area contributed by atoms with Crippen molar-refractivity contribution < 1.29 is 9.47 Å². The van der Waals surface area contributed by atoms with E-state index in [2.05, 4.69) is 27.5 Å². The van der Waals surface area contributed by atoms with Crippen LogP contribution in [0.4, 0.5) is 29.2 Å². The van der Waals surface area contributed by atoms with Crippen molar-refractivity contribution in [1.29, 1.82) is 0 Å². The summed E-state index contributed by atoms with van der Waals surface area (Å²) in [6, 6.07) is 11.3. The van der Waals surface area contributed by atoms with Gasteiger partial charge >= 0.3 is 0 Å². The summed E-state index contributed by atoms with van der Waals surface area (Å²) in [5, 5.41) is 7.75. The highest BCUT2D eigenvalue weighted by Crippen LogP contribution is 2.33. The molecule has 1 aliphatic carbocycles. The summed E-state index contributed by atoms with van der Waals surface area (Å²) >= 11 is 12.7. The number of aromatic nitrogens is 3. The van der Waals surface area contributed by atoms with Gasteiger partial charge in [0.2, 0.25) is 17.8 Å². The highest BCUT2D eigenvalue weighted by atomic mass is 35.5. The van der Waals surface area contributed by atoms with Crippen LogP contribution in [0, 0.1) is 5.92 Å². The van der Waals surface area contributed by atoms with Crippen molar-refractivity contribution in [2.45, 2.75) is 38.6 Å². The number of ether oxygens (including phenoxy) is 2. The first kappa shape index (κ1) is 25.1. The van der Waals surface area contributed by atoms with Crippen molar-refractivity contribution in [3.8, 4) is 11.5 Å². The van der Waals surface area contributed by atoms with Gasteiger partial charge in [0.15, 0.2) is 0 Å². The molecular formula is C25H30Cl2N6O2. The summed E-state index contributed by atoms with van der Waals surface area (Å²) in [5.41, 5.74) is 1.55. The fourth-order valence-electron chi connectivity index (χ4n) is 4.07. The molecule has 186 valence electrons. The van der Waals surface area contributed by atoms with E-state index in [0.717, 1.165) is 30.1 Å². The minimum atomic E-state index is 0.325. The van der Waals surface area contributed by atoms with Crippen molar-refractivity contribution in [2.75, 3.05) is 36.8 Å². The summed E-state index contributed by atoms with van der Waals surface area (Å²) in [6.07, 6.45) is 4.55. The zero-order valence-electron chi connectivity index (χ0n) is 20.3. The molecule has 0 aliphatic heterocycles. The first-order valence-corrected chi connectivity index (χ1v) is 12.3. The van der Waals surface area contributed by atoms with Crippen LogP contribution in [0.15, 0.2) is 36.4 Å². The second-order valence-electron chi connectivity index (χ2n) is 8.74. The topological polar surface area (TPSA) is 84.4 Å².